The summed E-state index contributed by atoms with van der Waals surface area (Å²) < 4.78 is 5.53. The van der Waals surface area contributed by atoms with E-state index in [1.54, 1.807) is 0 Å². The highest BCUT2D eigenvalue weighted by molar-refractivity contribution is 5.96. The number of carbonyl (C=O) groups is 1. The Morgan fingerprint density at radius 1 is 1.53 bits per heavy atom. The molecule has 6 heteroatoms. The highest BCUT2D eigenvalue weighted by atomic mass is 16.5. The molecule has 104 valence electrons. The molecule has 1 fully saturated rings. The van der Waals surface area contributed by atoms with Crippen molar-refractivity contribution in [2.24, 2.45) is 0 Å². The van der Waals surface area contributed by atoms with E-state index in [-0.39, 0.29) is 29.1 Å². The van der Waals surface area contributed by atoms with Crippen molar-refractivity contribution in [3.8, 4) is 11.5 Å². The van der Waals surface area contributed by atoms with Crippen molar-refractivity contribution in [3.63, 3.8) is 0 Å². The standard InChI is InChI=1S/C13H18N2O4/c1-15-4-5-19-10(8-15)7-14-13(18)11-3-2-9(16)6-12(11)17/h2-3,6,10,16-17H,4-5,7-8H2,1H3,(H,14,18). The number of likely N-dealkylation sites (N-methyl/N-ethyl adjacent to an activating group) is 1. The Labute approximate surface area is 111 Å². The van der Waals surface area contributed by atoms with Crippen LogP contribution < -0.4 is 5.32 Å². The average Bonchev–Trinajstić information content (AvgIpc) is 2.36. The lowest BCUT2D eigenvalue weighted by Crippen LogP contribution is -2.45. The summed E-state index contributed by atoms with van der Waals surface area (Å²) in [5.41, 5.74) is 0.141. The normalized spacial score (nSPS) is 20.2. The molecule has 1 aliphatic rings. The molecule has 1 aliphatic heterocycles. The van der Waals surface area contributed by atoms with Crippen molar-refractivity contribution >= 4 is 5.91 Å². The van der Waals surface area contributed by atoms with Crippen LogP contribution in [0.1, 0.15) is 10.4 Å². The number of benzene rings is 1. The number of phenols is 2. The van der Waals surface area contributed by atoms with E-state index in [1.807, 2.05) is 7.05 Å². The third-order valence-electron chi connectivity index (χ3n) is 3.06. The van der Waals surface area contributed by atoms with Gasteiger partial charge in [0.15, 0.2) is 0 Å². The minimum Gasteiger partial charge on any atom is -0.508 e. The molecular weight excluding hydrogens is 248 g/mol. The van der Waals surface area contributed by atoms with Gasteiger partial charge in [-0.3, -0.25) is 4.79 Å². The first kappa shape index (κ1) is 13.6. The highest BCUT2D eigenvalue weighted by Crippen LogP contribution is 2.22. The summed E-state index contributed by atoms with van der Waals surface area (Å²) in [5, 5.41) is 21.5. The molecule has 2 rings (SSSR count). The maximum Gasteiger partial charge on any atom is 0.255 e. The number of hydrogen-bond donors (Lipinski definition) is 3. The fourth-order valence-corrected chi connectivity index (χ4v) is 2.00. The van der Waals surface area contributed by atoms with Gasteiger partial charge in [0.05, 0.1) is 18.3 Å². The zero-order chi connectivity index (χ0) is 13.8. The second-order valence-corrected chi connectivity index (χ2v) is 4.67. The monoisotopic (exact) mass is 266 g/mol. The maximum absolute atomic E-state index is 11.9. The Morgan fingerprint density at radius 3 is 3.00 bits per heavy atom. The third-order valence-corrected chi connectivity index (χ3v) is 3.06. The number of aromatic hydroxyl groups is 2. The number of carbonyl (C=O) groups excluding carboxylic acids is 1. The lowest BCUT2D eigenvalue weighted by atomic mass is 10.1. The lowest BCUT2D eigenvalue weighted by Gasteiger charge is -2.30. The topological polar surface area (TPSA) is 82.0 Å². The SMILES string of the molecule is CN1CCOC(CNC(=O)c2ccc(O)cc2O)C1. The van der Waals surface area contributed by atoms with Crippen LogP contribution in [-0.4, -0.2) is 60.4 Å². The van der Waals surface area contributed by atoms with Crippen molar-refractivity contribution < 1.29 is 19.7 Å². The van der Waals surface area contributed by atoms with Gasteiger partial charge in [-0.25, -0.2) is 0 Å². The number of morpholine rings is 1. The molecule has 0 aliphatic carbocycles. The predicted molar refractivity (Wildman–Crippen MR) is 69.3 cm³/mol. The Bertz CT molecular complexity index is 464. The molecule has 0 spiro atoms. The van der Waals surface area contributed by atoms with Crippen LogP contribution in [-0.2, 0) is 4.74 Å². The van der Waals surface area contributed by atoms with E-state index in [4.69, 9.17) is 9.84 Å². The smallest absolute Gasteiger partial charge is 0.255 e. The van der Waals surface area contributed by atoms with Gasteiger partial charge in [-0.15, -0.1) is 0 Å². The van der Waals surface area contributed by atoms with Crippen molar-refractivity contribution in [3.05, 3.63) is 23.8 Å². The number of nitrogens with one attached hydrogen (secondary N) is 1. The fourth-order valence-electron chi connectivity index (χ4n) is 2.00. The number of rotatable bonds is 3. The number of nitrogens with zero attached hydrogens (tertiary/aromatic N) is 1. The molecule has 0 saturated carbocycles. The molecule has 0 aromatic heterocycles. The van der Waals surface area contributed by atoms with Crippen LogP contribution in [0.5, 0.6) is 11.5 Å². The number of amides is 1. The van der Waals surface area contributed by atoms with E-state index in [2.05, 4.69) is 10.2 Å². The molecule has 3 N–H and O–H groups in total. The van der Waals surface area contributed by atoms with E-state index >= 15 is 0 Å². The van der Waals surface area contributed by atoms with E-state index in [1.165, 1.54) is 12.1 Å². The van der Waals surface area contributed by atoms with E-state index in [0.717, 1.165) is 19.2 Å². The minimum absolute atomic E-state index is 0.0399. The molecule has 1 saturated heterocycles. The van der Waals surface area contributed by atoms with Crippen LogP contribution in [0.25, 0.3) is 0 Å². The third kappa shape index (κ3) is 3.59. The molecular formula is C13H18N2O4. The van der Waals surface area contributed by atoms with E-state index < -0.39 is 0 Å². The van der Waals surface area contributed by atoms with E-state index in [0.29, 0.717) is 13.2 Å². The molecule has 6 nitrogen and oxygen atoms in total. The first-order chi connectivity index (χ1) is 9.06. The van der Waals surface area contributed by atoms with Gasteiger partial charge >= 0.3 is 0 Å². The van der Waals surface area contributed by atoms with Crippen LogP contribution in [0.2, 0.25) is 0 Å². The van der Waals surface area contributed by atoms with Gasteiger partial charge in [0.1, 0.15) is 11.5 Å². The molecule has 1 heterocycles. The molecule has 1 unspecified atom stereocenters. The number of ether oxygens (including phenoxy) is 1. The fraction of sp³-hybridized carbons (Fsp3) is 0.462. The zero-order valence-electron chi connectivity index (χ0n) is 10.8. The second kappa shape index (κ2) is 5.90. The van der Waals surface area contributed by atoms with Gasteiger partial charge in [0.25, 0.3) is 5.91 Å². The van der Waals surface area contributed by atoms with Gasteiger partial charge in [-0.1, -0.05) is 0 Å². The summed E-state index contributed by atoms with van der Waals surface area (Å²) in [7, 11) is 2.00. The number of phenolic OH excluding ortho intramolecular Hbond substituents is 2. The second-order valence-electron chi connectivity index (χ2n) is 4.67. The minimum atomic E-state index is -0.380. The summed E-state index contributed by atoms with van der Waals surface area (Å²) in [5.74, 6) is -0.695. The van der Waals surface area contributed by atoms with Crippen molar-refractivity contribution in [2.75, 3.05) is 33.3 Å². The van der Waals surface area contributed by atoms with Crippen LogP contribution in [0.15, 0.2) is 18.2 Å². The molecule has 1 amide bonds. The summed E-state index contributed by atoms with van der Waals surface area (Å²) in [6, 6.07) is 3.88. The van der Waals surface area contributed by atoms with Crippen LogP contribution in [0, 0.1) is 0 Å². The van der Waals surface area contributed by atoms with Crippen molar-refractivity contribution in [2.45, 2.75) is 6.10 Å². The van der Waals surface area contributed by atoms with Crippen LogP contribution >= 0.6 is 0 Å². The highest BCUT2D eigenvalue weighted by Gasteiger charge is 2.19. The summed E-state index contributed by atoms with van der Waals surface area (Å²) in [4.78, 5) is 14.0. The van der Waals surface area contributed by atoms with Gasteiger partial charge in [0.2, 0.25) is 0 Å². The first-order valence-electron chi connectivity index (χ1n) is 6.16. The Hall–Kier alpha value is -1.79. The lowest BCUT2D eigenvalue weighted by molar-refractivity contribution is -0.0175. The van der Waals surface area contributed by atoms with Crippen LogP contribution in [0.4, 0.5) is 0 Å². The molecule has 19 heavy (non-hydrogen) atoms. The first-order valence-corrected chi connectivity index (χ1v) is 6.16. The molecule has 1 atom stereocenters. The average molecular weight is 266 g/mol. The Kier molecular flexibility index (Phi) is 4.24. The van der Waals surface area contributed by atoms with Gasteiger partial charge in [0, 0.05) is 25.7 Å². The Balaban J connectivity index is 1.90. The molecule has 1 aromatic carbocycles. The molecule has 0 bridgehead atoms. The van der Waals surface area contributed by atoms with Gasteiger partial charge < -0.3 is 25.2 Å². The molecule has 0 radical (unpaired) electrons. The summed E-state index contributed by atoms with van der Waals surface area (Å²) in [6.07, 6.45) is -0.0399. The Morgan fingerprint density at radius 2 is 2.32 bits per heavy atom. The number of hydrogen-bond acceptors (Lipinski definition) is 5. The largest absolute Gasteiger partial charge is 0.508 e. The van der Waals surface area contributed by atoms with Gasteiger partial charge in [-0.2, -0.15) is 0 Å². The molecule has 1 aromatic rings. The predicted octanol–water partition coefficient (Wildman–Crippen LogP) is 0.158. The van der Waals surface area contributed by atoms with E-state index in [9.17, 15) is 9.90 Å². The zero-order valence-corrected chi connectivity index (χ0v) is 10.8. The maximum atomic E-state index is 11.9. The van der Waals surface area contributed by atoms with Gasteiger partial charge in [-0.05, 0) is 19.2 Å². The summed E-state index contributed by atoms with van der Waals surface area (Å²) in [6.45, 7) is 2.70. The van der Waals surface area contributed by atoms with Crippen LogP contribution in [0.3, 0.4) is 0 Å². The van der Waals surface area contributed by atoms with Crippen molar-refractivity contribution in [1.29, 1.82) is 0 Å². The summed E-state index contributed by atoms with van der Waals surface area (Å²) >= 11 is 0. The quantitative estimate of drug-likeness (QED) is 0.726. The van der Waals surface area contributed by atoms with Crippen molar-refractivity contribution in [1.82, 2.24) is 10.2 Å².